The number of ketones is 2. The van der Waals surface area contributed by atoms with Gasteiger partial charge in [-0.3, -0.25) is 9.59 Å². The zero-order valence-corrected chi connectivity index (χ0v) is 8.40. The molecule has 0 saturated heterocycles. The molecule has 0 radical (unpaired) electrons. The second-order valence-electron chi connectivity index (χ2n) is 2.96. The van der Waals surface area contributed by atoms with E-state index in [1.165, 1.54) is 26.2 Å². The Bertz CT molecular complexity index is 402. The number of methoxy groups -OCH3 is 1. The third-order valence-electron chi connectivity index (χ3n) is 1.68. The van der Waals surface area contributed by atoms with Crippen LogP contribution in [0.2, 0.25) is 0 Å². The minimum absolute atomic E-state index is 0.00870. The molecule has 0 bridgehead atoms. The van der Waals surface area contributed by atoms with Gasteiger partial charge in [-0.15, -0.1) is 0 Å². The van der Waals surface area contributed by atoms with Gasteiger partial charge in [0.1, 0.15) is 5.78 Å². The van der Waals surface area contributed by atoms with Gasteiger partial charge in [-0.2, -0.15) is 0 Å². The van der Waals surface area contributed by atoms with Crippen molar-refractivity contribution in [3.05, 3.63) is 23.7 Å². The molecule has 1 heterocycles. The van der Waals surface area contributed by atoms with Gasteiger partial charge in [0.25, 0.3) is 0 Å². The van der Waals surface area contributed by atoms with Crippen LogP contribution in [0.25, 0.3) is 0 Å². The summed E-state index contributed by atoms with van der Waals surface area (Å²) in [5, 5.41) is 0. The number of rotatable bonds is 4. The molecule has 0 spiro atoms. The minimum atomic E-state index is -0.656. The van der Waals surface area contributed by atoms with Gasteiger partial charge in [-0.1, -0.05) is 0 Å². The summed E-state index contributed by atoms with van der Waals surface area (Å²) in [6.07, 6.45) is -0.228. The summed E-state index contributed by atoms with van der Waals surface area (Å²) in [6, 6.07) is 2.68. The largest absolute Gasteiger partial charge is 0.463 e. The fraction of sp³-hybridized carbons (Fsp3) is 0.300. The van der Waals surface area contributed by atoms with Gasteiger partial charge < -0.3 is 9.15 Å². The van der Waals surface area contributed by atoms with Crippen LogP contribution in [-0.2, 0) is 9.53 Å². The van der Waals surface area contributed by atoms with Gasteiger partial charge >= 0.3 is 5.97 Å². The lowest BCUT2D eigenvalue weighted by molar-refractivity contribution is -0.116. The van der Waals surface area contributed by atoms with Crippen LogP contribution >= 0.6 is 0 Å². The Hall–Kier alpha value is -1.91. The summed E-state index contributed by atoms with van der Waals surface area (Å²) in [5.41, 5.74) is 0. The summed E-state index contributed by atoms with van der Waals surface area (Å²) in [4.78, 5) is 33.0. The highest BCUT2D eigenvalue weighted by Gasteiger charge is 2.16. The number of carbonyl (C=O) groups is 3. The van der Waals surface area contributed by atoms with Crippen LogP contribution in [0.1, 0.15) is 34.5 Å². The van der Waals surface area contributed by atoms with E-state index in [4.69, 9.17) is 4.42 Å². The van der Waals surface area contributed by atoms with Gasteiger partial charge in [0.15, 0.2) is 5.76 Å². The number of carbonyl (C=O) groups excluding carboxylic acids is 3. The van der Waals surface area contributed by atoms with Crippen LogP contribution in [0.3, 0.4) is 0 Å². The van der Waals surface area contributed by atoms with Crippen molar-refractivity contribution in [2.75, 3.05) is 7.11 Å². The first kappa shape index (κ1) is 11.2. The Morgan fingerprint density at radius 3 is 2.40 bits per heavy atom. The number of furan rings is 1. The Morgan fingerprint density at radius 2 is 1.87 bits per heavy atom. The molecule has 0 aliphatic carbocycles. The summed E-state index contributed by atoms with van der Waals surface area (Å²) in [6.45, 7) is 1.31. The quantitative estimate of drug-likeness (QED) is 0.424. The van der Waals surface area contributed by atoms with Gasteiger partial charge in [0, 0.05) is 0 Å². The molecule has 0 unspecified atom stereocenters. The standard InChI is InChI=1S/C10H10O5/c1-6(11)5-7(12)8-3-4-9(15-8)10(13)14-2/h3-4H,5H2,1-2H3. The van der Waals surface area contributed by atoms with Crippen LogP contribution in [0.15, 0.2) is 16.5 Å². The van der Waals surface area contributed by atoms with E-state index in [0.717, 1.165) is 0 Å². The van der Waals surface area contributed by atoms with Crippen LogP contribution in [0, 0.1) is 0 Å². The molecule has 0 amide bonds. The fourth-order valence-electron chi connectivity index (χ4n) is 1.01. The lowest BCUT2D eigenvalue weighted by Crippen LogP contribution is -2.04. The van der Waals surface area contributed by atoms with E-state index in [2.05, 4.69) is 4.74 Å². The highest BCUT2D eigenvalue weighted by molar-refractivity contribution is 6.06. The van der Waals surface area contributed by atoms with E-state index < -0.39 is 11.8 Å². The maximum Gasteiger partial charge on any atom is 0.373 e. The number of esters is 1. The third-order valence-corrected chi connectivity index (χ3v) is 1.68. The molecule has 1 aromatic heterocycles. The lowest BCUT2D eigenvalue weighted by atomic mass is 10.2. The highest BCUT2D eigenvalue weighted by atomic mass is 16.5. The normalized spacial score (nSPS) is 9.73. The molecular weight excluding hydrogens is 200 g/mol. The molecule has 15 heavy (non-hydrogen) atoms. The first-order valence-electron chi connectivity index (χ1n) is 4.25. The molecule has 80 valence electrons. The number of hydrogen-bond donors (Lipinski definition) is 0. The zero-order valence-electron chi connectivity index (χ0n) is 8.40. The van der Waals surface area contributed by atoms with E-state index in [0.29, 0.717) is 0 Å². The molecule has 5 heteroatoms. The summed E-state index contributed by atoms with van der Waals surface area (Å²) in [5.74, 6) is -1.42. The first-order valence-corrected chi connectivity index (χ1v) is 4.25. The summed E-state index contributed by atoms with van der Waals surface area (Å²) in [7, 11) is 1.21. The Morgan fingerprint density at radius 1 is 1.27 bits per heavy atom. The van der Waals surface area contributed by atoms with E-state index >= 15 is 0 Å². The van der Waals surface area contributed by atoms with Crippen molar-refractivity contribution in [3.8, 4) is 0 Å². The van der Waals surface area contributed by atoms with Crippen molar-refractivity contribution in [1.29, 1.82) is 0 Å². The maximum atomic E-state index is 11.3. The van der Waals surface area contributed by atoms with E-state index in [9.17, 15) is 14.4 Å². The molecule has 5 nitrogen and oxygen atoms in total. The SMILES string of the molecule is COC(=O)c1ccc(C(=O)CC(C)=O)o1. The molecule has 0 fully saturated rings. The molecule has 0 atom stereocenters. The van der Waals surface area contributed by atoms with Gasteiger partial charge in [0.2, 0.25) is 11.5 Å². The topological polar surface area (TPSA) is 73.6 Å². The van der Waals surface area contributed by atoms with Crippen molar-refractivity contribution in [2.24, 2.45) is 0 Å². The van der Waals surface area contributed by atoms with E-state index in [1.54, 1.807) is 0 Å². The van der Waals surface area contributed by atoms with E-state index in [-0.39, 0.29) is 23.7 Å². The molecule has 0 aliphatic rings. The predicted molar refractivity (Wildman–Crippen MR) is 49.7 cm³/mol. The van der Waals surface area contributed by atoms with Gasteiger partial charge in [-0.05, 0) is 19.1 Å². The Kier molecular flexibility index (Phi) is 3.38. The molecule has 0 N–H and O–H groups in total. The Balaban J connectivity index is 2.80. The smallest absolute Gasteiger partial charge is 0.373 e. The monoisotopic (exact) mass is 210 g/mol. The Labute approximate surface area is 86.0 Å². The molecule has 1 rings (SSSR count). The fourth-order valence-corrected chi connectivity index (χ4v) is 1.01. The average molecular weight is 210 g/mol. The number of ether oxygens (including phenoxy) is 1. The molecule has 1 aromatic rings. The van der Waals surface area contributed by atoms with Crippen LogP contribution < -0.4 is 0 Å². The first-order chi connectivity index (χ1) is 7.04. The van der Waals surface area contributed by atoms with Crippen molar-refractivity contribution in [2.45, 2.75) is 13.3 Å². The summed E-state index contributed by atoms with van der Waals surface area (Å²) >= 11 is 0. The summed E-state index contributed by atoms with van der Waals surface area (Å²) < 4.78 is 9.32. The van der Waals surface area contributed by atoms with Crippen molar-refractivity contribution >= 4 is 17.5 Å². The van der Waals surface area contributed by atoms with Crippen LogP contribution in [0.5, 0.6) is 0 Å². The van der Waals surface area contributed by atoms with Crippen LogP contribution in [0.4, 0.5) is 0 Å². The number of hydrogen-bond acceptors (Lipinski definition) is 5. The predicted octanol–water partition coefficient (Wildman–Crippen LogP) is 1.23. The third kappa shape index (κ3) is 2.77. The van der Waals surface area contributed by atoms with Gasteiger partial charge in [-0.25, -0.2) is 4.79 Å². The second kappa shape index (κ2) is 4.54. The van der Waals surface area contributed by atoms with Crippen LogP contribution in [-0.4, -0.2) is 24.6 Å². The lowest BCUT2D eigenvalue weighted by Gasteiger charge is -1.94. The van der Waals surface area contributed by atoms with Crippen molar-refractivity contribution in [1.82, 2.24) is 0 Å². The highest BCUT2D eigenvalue weighted by Crippen LogP contribution is 2.11. The number of Topliss-reactive ketones (excluding diaryl/α,β-unsaturated/α-hetero) is 2. The van der Waals surface area contributed by atoms with E-state index in [1.807, 2.05) is 0 Å². The zero-order chi connectivity index (χ0) is 11.4. The molecule has 0 aliphatic heterocycles. The maximum absolute atomic E-state index is 11.3. The van der Waals surface area contributed by atoms with Crippen molar-refractivity contribution in [3.63, 3.8) is 0 Å². The molecule has 0 aromatic carbocycles. The second-order valence-corrected chi connectivity index (χ2v) is 2.96. The molecule has 0 saturated carbocycles. The van der Waals surface area contributed by atoms with Crippen molar-refractivity contribution < 1.29 is 23.5 Å². The minimum Gasteiger partial charge on any atom is -0.463 e. The van der Waals surface area contributed by atoms with Gasteiger partial charge in [0.05, 0.1) is 13.5 Å². The average Bonchev–Trinajstić information content (AvgIpc) is 2.64. The molecular formula is C10H10O5.